The molecule has 0 radical (unpaired) electrons. The first kappa shape index (κ1) is 16.2. The molecule has 0 fully saturated rings. The molecule has 0 aliphatic carbocycles. The number of benzene rings is 1. The molecular weight excluding hydrogens is 361 g/mol. The van der Waals surface area contributed by atoms with Gasteiger partial charge in [-0.15, -0.1) is 11.6 Å². The average molecular weight is 377 g/mol. The van der Waals surface area contributed by atoms with Crippen molar-refractivity contribution in [2.24, 2.45) is 5.73 Å². The van der Waals surface area contributed by atoms with Gasteiger partial charge in [-0.2, -0.15) is 0 Å². The summed E-state index contributed by atoms with van der Waals surface area (Å²) in [5.41, 5.74) is 6.00. The number of carbonyl (C=O) groups is 1. The molecule has 0 bridgehead atoms. The fourth-order valence-electron chi connectivity index (χ4n) is 2.56. The Kier molecular flexibility index (Phi) is 4.58. The minimum atomic E-state index is -0.609. The minimum absolute atomic E-state index is 0.130. The molecule has 0 aliphatic heterocycles. The number of hydrogen-bond acceptors (Lipinski definition) is 2. The zero-order valence-corrected chi connectivity index (χ0v) is 14.1. The van der Waals surface area contributed by atoms with Crippen molar-refractivity contribution < 1.29 is 9.18 Å². The van der Waals surface area contributed by atoms with Crippen molar-refractivity contribution in [3.8, 4) is 0 Å². The summed E-state index contributed by atoms with van der Waals surface area (Å²) >= 11 is 8.98. The van der Waals surface area contributed by atoms with Crippen LogP contribution >= 0.6 is 27.5 Å². The van der Waals surface area contributed by atoms with Gasteiger partial charge in [0.25, 0.3) is 0 Å². The minimum Gasteiger partial charge on any atom is -0.370 e. The molecule has 0 spiro atoms. The van der Waals surface area contributed by atoms with Crippen LogP contribution in [0.2, 0.25) is 0 Å². The lowest BCUT2D eigenvalue weighted by Crippen LogP contribution is -2.33. The number of fused-ring (bicyclic) bond motifs is 1. The van der Waals surface area contributed by atoms with Gasteiger partial charge in [-0.3, -0.25) is 4.79 Å². The van der Waals surface area contributed by atoms with Crippen LogP contribution in [0, 0.1) is 5.82 Å². The third kappa shape index (κ3) is 3.21. The number of imidazole rings is 1. The molecule has 4 nitrogen and oxygen atoms in total. The van der Waals surface area contributed by atoms with Crippen LogP contribution in [0.5, 0.6) is 0 Å². The summed E-state index contributed by atoms with van der Waals surface area (Å²) in [5.74, 6) is 0.301. The fraction of sp³-hybridized carbons (Fsp3) is 0.429. The van der Waals surface area contributed by atoms with Gasteiger partial charge in [-0.1, -0.05) is 0 Å². The van der Waals surface area contributed by atoms with E-state index in [0.29, 0.717) is 33.6 Å². The molecule has 2 rings (SSSR count). The van der Waals surface area contributed by atoms with Gasteiger partial charge in [0.1, 0.15) is 11.6 Å². The van der Waals surface area contributed by atoms with Gasteiger partial charge in [0, 0.05) is 30.3 Å². The lowest BCUT2D eigenvalue weighted by molar-refractivity contribution is -0.119. The van der Waals surface area contributed by atoms with Crippen LogP contribution in [0.1, 0.15) is 26.1 Å². The lowest BCUT2D eigenvalue weighted by atomic mass is 9.99. The predicted octanol–water partition coefficient (Wildman–Crippen LogP) is 3.33. The lowest BCUT2D eigenvalue weighted by Gasteiger charge is -2.28. The number of amides is 1. The Morgan fingerprint density at radius 1 is 1.52 bits per heavy atom. The molecule has 7 heteroatoms. The third-order valence-electron chi connectivity index (χ3n) is 3.30. The summed E-state index contributed by atoms with van der Waals surface area (Å²) in [4.78, 5) is 15.8. The van der Waals surface area contributed by atoms with Crippen molar-refractivity contribution in [2.45, 2.75) is 32.2 Å². The van der Waals surface area contributed by atoms with Crippen LogP contribution in [-0.4, -0.2) is 21.3 Å². The Morgan fingerprint density at radius 2 is 2.19 bits per heavy atom. The van der Waals surface area contributed by atoms with Gasteiger partial charge in [0.05, 0.1) is 15.5 Å². The van der Waals surface area contributed by atoms with Crippen LogP contribution in [-0.2, 0) is 16.8 Å². The van der Waals surface area contributed by atoms with E-state index in [1.54, 1.807) is 6.07 Å². The molecule has 21 heavy (non-hydrogen) atoms. The van der Waals surface area contributed by atoms with Crippen LogP contribution in [0.25, 0.3) is 11.0 Å². The van der Waals surface area contributed by atoms with E-state index in [1.165, 1.54) is 6.07 Å². The average Bonchev–Trinajstić information content (AvgIpc) is 2.66. The molecule has 1 aromatic heterocycles. The number of primary amides is 1. The number of rotatable bonds is 5. The first-order chi connectivity index (χ1) is 9.76. The second-order valence-corrected chi connectivity index (χ2v) is 6.75. The van der Waals surface area contributed by atoms with Gasteiger partial charge >= 0.3 is 0 Å². The highest BCUT2D eigenvalue weighted by molar-refractivity contribution is 9.10. The Bertz CT molecular complexity index is 699. The van der Waals surface area contributed by atoms with E-state index in [1.807, 2.05) is 18.4 Å². The van der Waals surface area contributed by atoms with Crippen molar-refractivity contribution in [3.05, 3.63) is 28.2 Å². The molecule has 0 aliphatic rings. The third-order valence-corrected chi connectivity index (χ3v) is 4.09. The van der Waals surface area contributed by atoms with Crippen molar-refractivity contribution in [1.29, 1.82) is 0 Å². The second kappa shape index (κ2) is 5.93. The van der Waals surface area contributed by atoms with E-state index in [0.717, 1.165) is 0 Å². The van der Waals surface area contributed by atoms with E-state index in [-0.39, 0.29) is 12.2 Å². The largest absolute Gasteiger partial charge is 0.370 e. The van der Waals surface area contributed by atoms with E-state index in [2.05, 4.69) is 20.9 Å². The van der Waals surface area contributed by atoms with Gasteiger partial charge in [-0.05, 0) is 35.8 Å². The Morgan fingerprint density at radius 3 is 2.76 bits per heavy atom. The maximum Gasteiger partial charge on any atom is 0.219 e. The van der Waals surface area contributed by atoms with Crippen LogP contribution in [0.3, 0.4) is 0 Å². The first-order valence-electron chi connectivity index (χ1n) is 6.47. The molecule has 114 valence electrons. The highest BCUT2D eigenvalue weighted by Gasteiger charge is 2.28. The molecule has 2 N–H and O–H groups in total. The summed E-state index contributed by atoms with van der Waals surface area (Å²) in [6.45, 7) is 3.74. The molecular formula is C14H16BrClFN3O. The predicted molar refractivity (Wildman–Crippen MR) is 84.9 cm³/mol. The van der Waals surface area contributed by atoms with Crippen LogP contribution in [0.15, 0.2) is 16.6 Å². The van der Waals surface area contributed by atoms with Gasteiger partial charge in [0.2, 0.25) is 5.91 Å². The maximum atomic E-state index is 13.9. The monoisotopic (exact) mass is 375 g/mol. The quantitative estimate of drug-likeness (QED) is 0.814. The normalized spacial score (nSPS) is 12.0. The Balaban J connectivity index is 2.71. The van der Waals surface area contributed by atoms with E-state index in [9.17, 15) is 9.18 Å². The second-order valence-electron chi connectivity index (χ2n) is 5.51. The summed E-state index contributed by atoms with van der Waals surface area (Å²) in [7, 11) is 0. The Labute approximate surface area is 135 Å². The highest BCUT2D eigenvalue weighted by atomic mass is 79.9. The molecule has 1 amide bonds. The van der Waals surface area contributed by atoms with Crippen LogP contribution < -0.4 is 5.73 Å². The maximum absolute atomic E-state index is 13.9. The van der Waals surface area contributed by atoms with E-state index < -0.39 is 11.4 Å². The smallest absolute Gasteiger partial charge is 0.219 e. The van der Waals surface area contributed by atoms with E-state index >= 15 is 0 Å². The summed E-state index contributed by atoms with van der Waals surface area (Å²) < 4.78 is 16.1. The number of hydrogen-bond donors (Lipinski definition) is 1. The zero-order chi connectivity index (χ0) is 15.8. The van der Waals surface area contributed by atoms with Gasteiger partial charge in [-0.25, -0.2) is 9.37 Å². The number of carbonyl (C=O) groups excluding carboxylic acids is 1. The van der Waals surface area contributed by atoms with Crippen molar-refractivity contribution in [3.63, 3.8) is 0 Å². The number of alkyl halides is 1. The molecule has 1 heterocycles. The SMILES string of the molecule is CC(C)(CC(N)=O)n1c(CCCl)nc2cc(Br)c(F)cc21. The zero-order valence-electron chi connectivity index (χ0n) is 11.8. The number of nitrogens with two attached hydrogens (primary N) is 1. The molecule has 0 unspecified atom stereocenters. The number of aryl methyl sites for hydroxylation is 1. The molecule has 0 atom stereocenters. The van der Waals surface area contributed by atoms with Gasteiger partial charge < -0.3 is 10.3 Å². The molecule has 0 saturated carbocycles. The molecule has 0 saturated heterocycles. The van der Waals surface area contributed by atoms with Crippen LogP contribution in [0.4, 0.5) is 4.39 Å². The Hall–Kier alpha value is -1.14. The number of nitrogens with zero attached hydrogens (tertiary/aromatic N) is 2. The standard InChI is InChI=1S/C14H16BrClFN3O/c1-14(2,7-12(18)21)20-11-6-9(17)8(15)5-10(11)19-13(20)3-4-16/h5-6H,3-4,7H2,1-2H3,(H2,18,21). The fourth-order valence-corrected chi connectivity index (χ4v) is 3.06. The van der Waals surface area contributed by atoms with Crippen molar-refractivity contribution in [1.82, 2.24) is 9.55 Å². The van der Waals surface area contributed by atoms with E-state index in [4.69, 9.17) is 17.3 Å². The summed E-state index contributed by atoms with van der Waals surface area (Å²) in [6, 6.07) is 3.03. The van der Waals surface area contributed by atoms with Crippen molar-refractivity contribution >= 4 is 44.5 Å². The topological polar surface area (TPSA) is 60.9 Å². The number of halogens is 3. The van der Waals surface area contributed by atoms with Gasteiger partial charge in [0.15, 0.2) is 0 Å². The summed E-state index contributed by atoms with van der Waals surface area (Å²) in [5, 5.41) is 0. The summed E-state index contributed by atoms with van der Waals surface area (Å²) in [6.07, 6.45) is 0.656. The van der Waals surface area contributed by atoms with Crippen molar-refractivity contribution in [2.75, 3.05) is 5.88 Å². The first-order valence-corrected chi connectivity index (χ1v) is 7.80. The molecule has 1 aromatic carbocycles. The number of aromatic nitrogens is 2. The molecule has 2 aromatic rings. The highest BCUT2D eigenvalue weighted by Crippen LogP contribution is 2.31.